The highest BCUT2D eigenvalue weighted by Gasteiger charge is 2.34. The molecule has 1 aliphatic carbocycles. The fourth-order valence-corrected chi connectivity index (χ4v) is 4.11. The van der Waals surface area contributed by atoms with Crippen LogP contribution in [0.4, 0.5) is 0 Å². The highest BCUT2D eigenvalue weighted by molar-refractivity contribution is 7.89. The maximum atomic E-state index is 12.6. The lowest BCUT2D eigenvalue weighted by Gasteiger charge is -2.34. The van der Waals surface area contributed by atoms with Crippen LogP contribution in [0.2, 0.25) is 0 Å². The molecule has 0 aromatic heterocycles. The lowest BCUT2D eigenvalue weighted by Crippen LogP contribution is -2.46. The SMILES string of the molecule is CN(C1CCCCC1O)S(=O)(=O)c1cccc(C(=O)O)c1. The molecule has 1 aliphatic rings. The van der Waals surface area contributed by atoms with E-state index >= 15 is 0 Å². The molecule has 2 unspecified atom stereocenters. The minimum Gasteiger partial charge on any atom is -0.478 e. The number of nitrogens with zero attached hydrogens (tertiary/aromatic N) is 1. The van der Waals surface area contributed by atoms with Crippen molar-refractivity contribution < 1.29 is 23.4 Å². The summed E-state index contributed by atoms with van der Waals surface area (Å²) in [5, 5.41) is 18.9. The summed E-state index contributed by atoms with van der Waals surface area (Å²) in [4.78, 5) is 10.9. The van der Waals surface area contributed by atoms with Gasteiger partial charge in [-0.25, -0.2) is 13.2 Å². The first-order valence-corrected chi connectivity index (χ1v) is 8.27. The van der Waals surface area contributed by atoms with Gasteiger partial charge in [-0.1, -0.05) is 18.9 Å². The molecule has 116 valence electrons. The van der Waals surface area contributed by atoms with Gasteiger partial charge in [0, 0.05) is 7.05 Å². The molecule has 7 heteroatoms. The van der Waals surface area contributed by atoms with Gasteiger partial charge in [-0.2, -0.15) is 4.31 Å². The second-order valence-electron chi connectivity index (χ2n) is 5.27. The van der Waals surface area contributed by atoms with Crippen molar-refractivity contribution in [2.75, 3.05) is 7.05 Å². The Hall–Kier alpha value is -1.44. The van der Waals surface area contributed by atoms with Crippen LogP contribution in [0, 0.1) is 0 Å². The zero-order valence-electron chi connectivity index (χ0n) is 11.8. The molecule has 0 amide bonds. The number of hydrogen-bond acceptors (Lipinski definition) is 4. The van der Waals surface area contributed by atoms with Gasteiger partial charge < -0.3 is 10.2 Å². The number of carboxylic acids is 1. The van der Waals surface area contributed by atoms with Crippen molar-refractivity contribution in [1.82, 2.24) is 4.31 Å². The zero-order chi connectivity index (χ0) is 15.6. The lowest BCUT2D eigenvalue weighted by molar-refractivity contribution is 0.0637. The standard InChI is InChI=1S/C14H19NO5S/c1-15(12-7-2-3-8-13(12)16)21(19,20)11-6-4-5-10(9-11)14(17)18/h4-6,9,12-13,16H,2-3,7-8H2,1H3,(H,17,18). The van der Waals surface area contributed by atoms with Crippen LogP contribution in [0.1, 0.15) is 36.0 Å². The number of hydrogen-bond donors (Lipinski definition) is 2. The van der Waals surface area contributed by atoms with Crippen molar-refractivity contribution in [2.24, 2.45) is 0 Å². The summed E-state index contributed by atoms with van der Waals surface area (Å²) < 4.78 is 26.3. The molecule has 2 rings (SSSR count). The smallest absolute Gasteiger partial charge is 0.335 e. The van der Waals surface area contributed by atoms with Gasteiger partial charge in [-0.15, -0.1) is 0 Å². The van der Waals surface area contributed by atoms with Crippen molar-refractivity contribution in [3.63, 3.8) is 0 Å². The Morgan fingerprint density at radius 2 is 1.95 bits per heavy atom. The van der Waals surface area contributed by atoms with E-state index in [2.05, 4.69) is 0 Å². The monoisotopic (exact) mass is 313 g/mol. The van der Waals surface area contributed by atoms with E-state index in [1.807, 2.05) is 0 Å². The predicted molar refractivity (Wildman–Crippen MR) is 76.6 cm³/mol. The molecule has 6 nitrogen and oxygen atoms in total. The van der Waals surface area contributed by atoms with E-state index in [1.165, 1.54) is 25.2 Å². The highest BCUT2D eigenvalue weighted by atomic mass is 32.2. The number of aliphatic hydroxyl groups is 1. The summed E-state index contributed by atoms with van der Waals surface area (Å²) in [6, 6.07) is 4.80. The Balaban J connectivity index is 2.32. The summed E-state index contributed by atoms with van der Waals surface area (Å²) >= 11 is 0. The second kappa shape index (κ2) is 6.13. The van der Waals surface area contributed by atoms with Gasteiger partial charge >= 0.3 is 5.97 Å². The van der Waals surface area contributed by atoms with Crippen LogP contribution < -0.4 is 0 Å². The quantitative estimate of drug-likeness (QED) is 0.874. The Kier molecular flexibility index (Phi) is 4.65. The van der Waals surface area contributed by atoms with Crippen LogP contribution in [0.15, 0.2) is 29.2 Å². The number of aliphatic hydroxyl groups excluding tert-OH is 1. The maximum absolute atomic E-state index is 12.6. The highest BCUT2D eigenvalue weighted by Crippen LogP contribution is 2.27. The van der Waals surface area contributed by atoms with E-state index in [9.17, 15) is 18.3 Å². The summed E-state index contributed by atoms with van der Waals surface area (Å²) in [5.74, 6) is -1.17. The van der Waals surface area contributed by atoms with Crippen molar-refractivity contribution >= 4 is 16.0 Å². The number of benzene rings is 1. The van der Waals surface area contributed by atoms with E-state index in [-0.39, 0.29) is 10.5 Å². The molecule has 0 bridgehead atoms. The molecule has 1 aromatic rings. The van der Waals surface area contributed by atoms with E-state index in [1.54, 1.807) is 0 Å². The summed E-state index contributed by atoms with van der Waals surface area (Å²) in [6.07, 6.45) is 2.27. The number of carbonyl (C=O) groups is 1. The van der Waals surface area contributed by atoms with Crippen LogP contribution >= 0.6 is 0 Å². The Morgan fingerprint density at radius 1 is 1.29 bits per heavy atom. The minimum atomic E-state index is -3.82. The van der Waals surface area contributed by atoms with Gasteiger partial charge in [-0.05, 0) is 31.0 Å². The fraction of sp³-hybridized carbons (Fsp3) is 0.500. The number of aromatic carboxylic acids is 1. The first kappa shape index (κ1) is 15.9. The van der Waals surface area contributed by atoms with Crippen molar-refractivity contribution in [3.05, 3.63) is 29.8 Å². The third kappa shape index (κ3) is 3.25. The number of rotatable bonds is 4. The van der Waals surface area contributed by atoms with Gasteiger partial charge in [0.15, 0.2) is 0 Å². The predicted octanol–water partition coefficient (Wildman–Crippen LogP) is 1.31. The van der Waals surface area contributed by atoms with Gasteiger partial charge in [0.2, 0.25) is 10.0 Å². The Morgan fingerprint density at radius 3 is 2.57 bits per heavy atom. The molecule has 0 radical (unpaired) electrons. The van der Waals surface area contributed by atoms with Crippen LogP contribution in [-0.4, -0.2) is 48.1 Å². The van der Waals surface area contributed by atoms with E-state index < -0.39 is 28.1 Å². The van der Waals surface area contributed by atoms with Crippen LogP contribution in [0.3, 0.4) is 0 Å². The van der Waals surface area contributed by atoms with E-state index in [0.717, 1.165) is 23.2 Å². The molecular weight excluding hydrogens is 294 g/mol. The van der Waals surface area contributed by atoms with Gasteiger partial charge in [0.05, 0.1) is 22.6 Å². The molecular formula is C14H19NO5S. The summed E-state index contributed by atoms with van der Waals surface area (Å²) in [7, 11) is -2.39. The van der Waals surface area contributed by atoms with Crippen molar-refractivity contribution in [2.45, 2.75) is 42.7 Å². The molecule has 0 aliphatic heterocycles. The van der Waals surface area contributed by atoms with Gasteiger partial charge in [0.25, 0.3) is 0 Å². The summed E-state index contributed by atoms with van der Waals surface area (Å²) in [5.41, 5.74) is -0.0753. The topological polar surface area (TPSA) is 94.9 Å². The molecule has 0 heterocycles. The summed E-state index contributed by atoms with van der Waals surface area (Å²) in [6.45, 7) is 0. The first-order chi connectivity index (χ1) is 9.84. The normalized spacial score (nSPS) is 23.2. The Bertz CT molecular complexity index is 628. The third-order valence-corrected chi connectivity index (χ3v) is 5.80. The molecule has 1 saturated carbocycles. The molecule has 2 N–H and O–H groups in total. The number of carboxylic acid groups (broad SMARTS) is 1. The van der Waals surface area contributed by atoms with Crippen LogP contribution in [0.25, 0.3) is 0 Å². The molecule has 2 atom stereocenters. The molecule has 21 heavy (non-hydrogen) atoms. The maximum Gasteiger partial charge on any atom is 0.335 e. The van der Waals surface area contributed by atoms with Crippen LogP contribution in [0.5, 0.6) is 0 Å². The van der Waals surface area contributed by atoms with Gasteiger partial charge in [0.1, 0.15) is 0 Å². The third-order valence-electron chi connectivity index (χ3n) is 3.92. The minimum absolute atomic E-state index is 0.0670. The van der Waals surface area contributed by atoms with E-state index in [4.69, 9.17) is 5.11 Å². The molecule has 0 saturated heterocycles. The zero-order valence-corrected chi connectivity index (χ0v) is 12.6. The average molecular weight is 313 g/mol. The largest absolute Gasteiger partial charge is 0.478 e. The molecule has 1 aromatic carbocycles. The van der Waals surface area contributed by atoms with Crippen molar-refractivity contribution in [3.8, 4) is 0 Å². The van der Waals surface area contributed by atoms with Crippen LogP contribution in [-0.2, 0) is 10.0 Å². The molecule has 0 spiro atoms. The first-order valence-electron chi connectivity index (χ1n) is 6.83. The van der Waals surface area contributed by atoms with E-state index in [0.29, 0.717) is 12.8 Å². The number of likely N-dealkylation sites (N-methyl/N-ethyl adjacent to an activating group) is 1. The number of sulfonamides is 1. The van der Waals surface area contributed by atoms with Gasteiger partial charge in [-0.3, -0.25) is 0 Å². The fourth-order valence-electron chi connectivity index (χ4n) is 2.65. The van der Waals surface area contributed by atoms with Crippen molar-refractivity contribution in [1.29, 1.82) is 0 Å². The molecule has 1 fully saturated rings. The Labute approximate surface area is 124 Å². The second-order valence-corrected chi connectivity index (χ2v) is 7.27. The average Bonchev–Trinajstić information content (AvgIpc) is 2.47. The lowest BCUT2D eigenvalue weighted by atomic mass is 9.93.